The van der Waals surface area contributed by atoms with Crippen molar-refractivity contribution in [2.24, 2.45) is 0 Å². The molecule has 9 nitrogen and oxygen atoms in total. The summed E-state index contributed by atoms with van der Waals surface area (Å²) in [4.78, 5) is 31.1. The zero-order valence-electron chi connectivity index (χ0n) is 21.2. The van der Waals surface area contributed by atoms with Crippen molar-refractivity contribution in [2.45, 2.75) is 18.8 Å². The lowest BCUT2D eigenvalue weighted by Gasteiger charge is -2.21. The molecule has 2 aromatic heterocycles. The number of nitrogens with zero attached hydrogens (tertiary/aromatic N) is 2. The second kappa shape index (κ2) is 10.7. The van der Waals surface area contributed by atoms with Gasteiger partial charge in [0.05, 0.1) is 12.7 Å². The Hall–Kier alpha value is -5.05. The molecule has 9 heteroatoms. The number of hydrogen-bond acceptors (Lipinski definition) is 7. The number of fused-ring (bicyclic) bond motifs is 2. The smallest absolute Gasteiger partial charge is 0.265 e. The molecule has 0 radical (unpaired) electrons. The summed E-state index contributed by atoms with van der Waals surface area (Å²) >= 11 is 0. The van der Waals surface area contributed by atoms with Crippen molar-refractivity contribution in [3.05, 3.63) is 106 Å². The standard InChI is InChI=1S/C30H27N3O6/c1-39-25-12-10-20(19-6-2-3-7-21(19)25)22(28-29(37)32-26-8-4-5-15-33(26)30(28)38)17-27(36)31-14-13-18-9-11-23(34)24(35)16-18/h2-12,15-16,22,34-35,37H,13-14,17H2,1H3,(H,31,36)/t22-/m0/s1. The van der Waals surface area contributed by atoms with Gasteiger partial charge < -0.3 is 25.4 Å². The van der Waals surface area contributed by atoms with Gasteiger partial charge in [-0.15, -0.1) is 0 Å². The molecule has 1 atom stereocenters. The first-order chi connectivity index (χ1) is 18.9. The van der Waals surface area contributed by atoms with Crippen LogP contribution >= 0.6 is 0 Å². The van der Waals surface area contributed by atoms with Gasteiger partial charge in [0.25, 0.3) is 5.56 Å². The van der Waals surface area contributed by atoms with Crippen molar-refractivity contribution in [1.82, 2.24) is 14.7 Å². The summed E-state index contributed by atoms with van der Waals surface area (Å²) in [6.07, 6.45) is 1.87. The van der Waals surface area contributed by atoms with E-state index in [-0.39, 0.29) is 35.9 Å². The van der Waals surface area contributed by atoms with E-state index in [1.807, 2.05) is 24.3 Å². The minimum absolute atomic E-state index is 0.0210. The van der Waals surface area contributed by atoms with Crippen LogP contribution in [0.5, 0.6) is 23.1 Å². The van der Waals surface area contributed by atoms with Gasteiger partial charge in [-0.1, -0.05) is 42.5 Å². The second-order valence-corrected chi connectivity index (χ2v) is 9.17. The van der Waals surface area contributed by atoms with Crippen LogP contribution in [0.4, 0.5) is 0 Å². The number of benzene rings is 3. The van der Waals surface area contributed by atoms with Crippen molar-refractivity contribution in [3.8, 4) is 23.1 Å². The van der Waals surface area contributed by atoms with Crippen LogP contribution in [-0.2, 0) is 11.2 Å². The number of hydrogen-bond donors (Lipinski definition) is 4. The Bertz CT molecular complexity index is 1750. The number of nitrogens with one attached hydrogen (secondary N) is 1. The van der Waals surface area contributed by atoms with Crippen LogP contribution in [0.15, 0.2) is 83.8 Å². The number of phenols is 2. The number of ether oxygens (including phenoxy) is 1. The largest absolute Gasteiger partial charge is 0.504 e. The van der Waals surface area contributed by atoms with E-state index in [1.54, 1.807) is 49.7 Å². The normalized spacial score (nSPS) is 11.9. The summed E-state index contributed by atoms with van der Waals surface area (Å²) < 4.78 is 6.87. The van der Waals surface area contributed by atoms with Crippen molar-refractivity contribution in [1.29, 1.82) is 0 Å². The Morgan fingerprint density at radius 3 is 2.51 bits per heavy atom. The molecule has 0 unspecified atom stereocenters. The van der Waals surface area contributed by atoms with Gasteiger partial charge in [0, 0.05) is 30.5 Å². The van der Waals surface area contributed by atoms with Gasteiger partial charge in [0.2, 0.25) is 11.8 Å². The molecule has 2 heterocycles. The highest BCUT2D eigenvalue weighted by Gasteiger charge is 2.28. The summed E-state index contributed by atoms with van der Waals surface area (Å²) in [5, 5.41) is 34.6. The highest BCUT2D eigenvalue weighted by atomic mass is 16.5. The fourth-order valence-corrected chi connectivity index (χ4v) is 4.87. The maximum absolute atomic E-state index is 13.6. The number of rotatable bonds is 8. The molecule has 198 valence electrons. The molecular formula is C30H27N3O6. The zero-order chi connectivity index (χ0) is 27.5. The van der Waals surface area contributed by atoms with E-state index in [0.717, 1.165) is 16.3 Å². The third kappa shape index (κ3) is 5.06. The van der Waals surface area contributed by atoms with E-state index in [1.165, 1.54) is 16.5 Å². The molecule has 5 rings (SSSR count). The van der Waals surface area contributed by atoms with Crippen molar-refractivity contribution >= 4 is 22.3 Å². The minimum Gasteiger partial charge on any atom is -0.504 e. The van der Waals surface area contributed by atoms with Crippen molar-refractivity contribution in [3.63, 3.8) is 0 Å². The molecule has 0 spiro atoms. The summed E-state index contributed by atoms with van der Waals surface area (Å²) in [5.74, 6) is -1.37. The second-order valence-electron chi connectivity index (χ2n) is 9.17. The van der Waals surface area contributed by atoms with Gasteiger partial charge in [0.1, 0.15) is 11.4 Å². The SMILES string of the molecule is COc1ccc([C@H](CC(=O)NCCc2ccc(O)c(O)c2)c2c(O)nc3ccccn3c2=O)c2ccccc12. The third-order valence-electron chi connectivity index (χ3n) is 6.78. The Balaban J connectivity index is 1.53. The fourth-order valence-electron chi connectivity index (χ4n) is 4.87. The predicted molar refractivity (Wildman–Crippen MR) is 147 cm³/mol. The molecule has 39 heavy (non-hydrogen) atoms. The molecule has 0 aliphatic heterocycles. The number of aromatic nitrogens is 2. The summed E-state index contributed by atoms with van der Waals surface area (Å²) in [6.45, 7) is 0.264. The third-order valence-corrected chi connectivity index (χ3v) is 6.78. The summed E-state index contributed by atoms with van der Waals surface area (Å²) in [7, 11) is 1.58. The van der Waals surface area contributed by atoms with E-state index in [0.29, 0.717) is 23.4 Å². The first kappa shape index (κ1) is 25.6. The van der Waals surface area contributed by atoms with Gasteiger partial charge >= 0.3 is 0 Å². The van der Waals surface area contributed by atoms with Crippen molar-refractivity contribution in [2.75, 3.05) is 13.7 Å². The van der Waals surface area contributed by atoms with Crippen LogP contribution in [0.1, 0.15) is 29.0 Å². The molecule has 4 N–H and O–H groups in total. The Labute approximate surface area is 223 Å². The van der Waals surface area contributed by atoms with Crippen LogP contribution in [0.25, 0.3) is 16.4 Å². The maximum atomic E-state index is 13.6. The lowest BCUT2D eigenvalue weighted by atomic mass is 9.85. The fraction of sp³-hybridized carbons (Fsp3) is 0.167. The number of carbonyl (C=O) groups is 1. The molecule has 5 aromatic rings. The Kier molecular flexibility index (Phi) is 7.05. The van der Waals surface area contributed by atoms with Crippen molar-refractivity contribution < 1.29 is 24.9 Å². The van der Waals surface area contributed by atoms with Gasteiger partial charge in [-0.3, -0.25) is 14.0 Å². The quantitative estimate of drug-likeness (QED) is 0.226. The molecule has 0 aliphatic rings. The molecule has 0 fully saturated rings. The van der Waals surface area contributed by atoms with E-state index in [4.69, 9.17) is 4.74 Å². The average molecular weight is 526 g/mol. The van der Waals surface area contributed by atoms with E-state index in [9.17, 15) is 24.9 Å². The molecule has 1 amide bonds. The molecule has 0 saturated heterocycles. The van der Waals surface area contributed by atoms with Crippen LogP contribution < -0.4 is 15.6 Å². The minimum atomic E-state index is -0.810. The van der Waals surface area contributed by atoms with Crippen LogP contribution in [0.2, 0.25) is 0 Å². The number of methoxy groups -OCH3 is 1. The summed E-state index contributed by atoms with van der Waals surface area (Å²) in [5.41, 5.74) is 1.26. The first-order valence-electron chi connectivity index (χ1n) is 12.4. The van der Waals surface area contributed by atoms with E-state index in [2.05, 4.69) is 10.3 Å². The van der Waals surface area contributed by atoms with Gasteiger partial charge in [0.15, 0.2) is 11.5 Å². The number of pyridine rings is 1. The van der Waals surface area contributed by atoms with Crippen LogP contribution in [-0.4, -0.2) is 44.3 Å². The molecule has 0 saturated carbocycles. The lowest BCUT2D eigenvalue weighted by molar-refractivity contribution is -0.121. The predicted octanol–water partition coefficient (Wildman–Crippen LogP) is 3.85. The number of carbonyl (C=O) groups excluding carboxylic acids is 1. The molecule has 0 bridgehead atoms. The number of phenolic OH excluding ortho intramolecular Hbond substituents is 2. The average Bonchev–Trinajstić information content (AvgIpc) is 2.94. The molecular weight excluding hydrogens is 498 g/mol. The van der Waals surface area contributed by atoms with E-state index < -0.39 is 17.4 Å². The highest BCUT2D eigenvalue weighted by molar-refractivity contribution is 5.92. The van der Waals surface area contributed by atoms with Gasteiger partial charge in [-0.05, 0) is 53.3 Å². The molecule has 3 aromatic carbocycles. The maximum Gasteiger partial charge on any atom is 0.265 e. The Morgan fingerprint density at radius 2 is 1.74 bits per heavy atom. The zero-order valence-corrected chi connectivity index (χ0v) is 21.2. The topological polar surface area (TPSA) is 133 Å². The lowest BCUT2D eigenvalue weighted by Crippen LogP contribution is -2.30. The first-order valence-corrected chi connectivity index (χ1v) is 12.4. The molecule has 0 aliphatic carbocycles. The monoisotopic (exact) mass is 525 g/mol. The highest BCUT2D eigenvalue weighted by Crippen LogP contribution is 2.38. The Morgan fingerprint density at radius 1 is 0.974 bits per heavy atom. The summed E-state index contributed by atoms with van der Waals surface area (Å²) in [6, 6.07) is 20.6. The van der Waals surface area contributed by atoms with Crippen LogP contribution in [0, 0.1) is 0 Å². The van der Waals surface area contributed by atoms with Gasteiger partial charge in [-0.25, -0.2) is 0 Å². The van der Waals surface area contributed by atoms with E-state index >= 15 is 0 Å². The van der Waals surface area contributed by atoms with Crippen LogP contribution in [0.3, 0.4) is 0 Å². The number of aromatic hydroxyl groups is 3. The number of amides is 1. The van der Waals surface area contributed by atoms with Gasteiger partial charge in [-0.2, -0.15) is 4.98 Å².